The molecule has 0 unspecified atom stereocenters. The molecule has 0 bridgehead atoms. The average Bonchev–Trinajstić information content (AvgIpc) is 3.15. The third-order valence-electron chi connectivity index (χ3n) is 5.32. The Hall–Kier alpha value is -1.66. The van der Waals surface area contributed by atoms with Crippen molar-refractivity contribution in [2.45, 2.75) is 50.9 Å². The summed E-state index contributed by atoms with van der Waals surface area (Å²) in [6.07, 6.45) is 3.29. The molecule has 0 aromatic heterocycles. The molecule has 2 heterocycles. The number of piperidine rings is 1. The highest BCUT2D eigenvalue weighted by Gasteiger charge is 2.33. The normalized spacial score (nSPS) is 23.0. The van der Waals surface area contributed by atoms with Gasteiger partial charge in [0.25, 0.3) is 5.91 Å². The highest BCUT2D eigenvalue weighted by molar-refractivity contribution is 5.81. The van der Waals surface area contributed by atoms with Crippen LogP contribution in [0.25, 0.3) is 0 Å². The lowest BCUT2D eigenvalue weighted by Crippen LogP contribution is -2.52. The first kappa shape index (κ1) is 19.1. The molecule has 0 N–H and O–H groups in total. The number of rotatable bonds is 6. The lowest BCUT2D eigenvalue weighted by atomic mass is 10.0. The SMILES string of the molecule is C[C@H](Oc1ccccc1F)C(=O)N(C[C@@H]1CCCO1)C1CCN(C)CC1. The maximum absolute atomic E-state index is 13.9. The first-order chi connectivity index (χ1) is 12.5. The van der Waals surface area contributed by atoms with E-state index >= 15 is 0 Å². The molecule has 2 saturated heterocycles. The van der Waals surface area contributed by atoms with E-state index in [1.54, 1.807) is 25.1 Å². The Labute approximate surface area is 155 Å². The summed E-state index contributed by atoms with van der Waals surface area (Å²) in [5, 5.41) is 0. The van der Waals surface area contributed by atoms with Gasteiger partial charge in [-0.05, 0) is 64.9 Å². The smallest absolute Gasteiger partial charge is 0.263 e. The average molecular weight is 364 g/mol. The second-order valence-corrected chi connectivity index (χ2v) is 7.35. The third kappa shape index (κ3) is 4.74. The zero-order valence-corrected chi connectivity index (χ0v) is 15.7. The molecule has 1 amide bonds. The molecular formula is C20H29FN2O3. The standard InChI is InChI=1S/C20H29FN2O3/c1-15(26-19-8-4-3-7-18(19)21)20(24)23(14-17-6-5-13-25-17)16-9-11-22(2)12-10-16/h3-4,7-8,15-17H,5-6,9-14H2,1-2H3/t15-,17-/m0/s1. The van der Waals surface area contributed by atoms with E-state index in [0.29, 0.717) is 6.54 Å². The molecule has 5 nitrogen and oxygen atoms in total. The van der Waals surface area contributed by atoms with Gasteiger partial charge in [0.05, 0.1) is 6.10 Å². The predicted octanol–water partition coefficient (Wildman–Crippen LogP) is 2.69. The second-order valence-electron chi connectivity index (χ2n) is 7.35. The number of carbonyl (C=O) groups is 1. The summed E-state index contributed by atoms with van der Waals surface area (Å²) in [5.74, 6) is -0.413. The van der Waals surface area contributed by atoms with Gasteiger partial charge in [-0.25, -0.2) is 4.39 Å². The Kier molecular flexibility index (Phi) is 6.48. The fourth-order valence-electron chi connectivity index (χ4n) is 3.75. The van der Waals surface area contributed by atoms with Crippen molar-refractivity contribution in [1.82, 2.24) is 9.80 Å². The first-order valence-corrected chi connectivity index (χ1v) is 9.56. The van der Waals surface area contributed by atoms with Crippen LogP contribution in [0.15, 0.2) is 24.3 Å². The van der Waals surface area contributed by atoms with Gasteiger partial charge in [-0.15, -0.1) is 0 Å². The van der Waals surface area contributed by atoms with Crippen LogP contribution < -0.4 is 4.74 Å². The Morgan fingerprint density at radius 1 is 1.35 bits per heavy atom. The van der Waals surface area contributed by atoms with Gasteiger partial charge in [0.2, 0.25) is 0 Å². The second kappa shape index (κ2) is 8.82. The Morgan fingerprint density at radius 3 is 2.73 bits per heavy atom. The minimum Gasteiger partial charge on any atom is -0.478 e. The summed E-state index contributed by atoms with van der Waals surface area (Å²) in [6.45, 7) is 5.01. The van der Waals surface area contributed by atoms with Gasteiger partial charge in [0.15, 0.2) is 17.7 Å². The molecule has 0 spiro atoms. The van der Waals surface area contributed by atoms with Gasteiger partial charge < -0.3 is 19.3 Å². The molecule has 2 atom stereocenters. The van der Waals surface area contributed by atoms with E-state index in [2.05, 4.69) is 11.9 Å². The van der Waals surface area contributed by atoms with Crippen molar-refractivity contribution in [2.75, 3.05) is 33.3 Å². The lowest BCUT2D eigenvalue weighted by Gasteiger charge is -2.39. The van der Waals surface area contributed by atoms with Crippen LogP contribution in [0.5, 0.6) is 5.75 Å². The molecular weight excluding hydrogens is 335 g/mol. The fourth-order valence-corrected chi connectivity index (χ4v) is 3.75. The van der Waals surface area contributed by atoms with Crippen LogP contribution in [0.4, 0.5) is 4.39 Å². The number of para-hydroxylation sites is 1. The van der Waals surface area contributed by atoms with Crippen LogP contribution in [-0.2, 0) is 9.53 Å². The van der Waals surface area contributed by atoms with Crippen molar-refractivity contribution >= 4 is 5.91 Å². The molecule has 26 heavy (non-hydrogen) atoms. The van der Waals surface area contributed by atoms with Gasteiger partial charge in [-0.1, -0.05) is 12.1 Å². The van der Waals surface area contributed by atoms with Crippen molar-refractivity contribution in [3.63, 3.8) is 0 Å². The van der Waals surface area contributed by atoms with Crippen LogP contribution in [0, 0.1) is 5.82 Å². The highest BCUT2D eigenvalue weighted by Crippen LogP contribution is 2.23. The molecule has 0 aliphatic carbocycles. The molecule has 1 aromatic carbocycles. The van der Waals surface area contributed by atoms with E-state index in [4.69, 9.17) is 9.47 Å². The van der Waals surface area contributed by atoms with Gasteiger partial charge in [-0.3, -0.25) is 4.79 Å². The van der Waals surface area contributed by atoms with E-state index in [9.17, 15) is 9.18 Å². The molecule has 2 aliphatic heterocycles. The monoisotopic (exact) mass is 364 g/mol. The minimum atomic E-state index is -0.729. The molecule has 6 heteroatoms. The first-order valence-electron chi connectivity index (χ1n) is 9.56. The maximum Gasteiger partial charge on any atom is 0.263 e. The molecule has 144 valence electrons. The number of benzene rings is 1. The molecule has 2 aliphatic rings. The predicted molar refractivity (Wildman–Crippen MR) is 97.7 cm³/mol. The lowest BCUT2D eigenvalue weighted by molar-refractivity contribution is -0.143. The summed E-state index contributed by atoms with van der Waals surface area (Å²) in [7, 11) is 2.10. The largest absolute Gasteiger partial charge is 0.478 e. The van der Waals surface area contributed by atoms with Crippen molar-refractivity contribution < 1.29 is 18.7 Å². The Balaban J connectivity index is 1.69. The molecule has 2 fully saturated rings. The van der Waals surface area contributed by atoms with Gasteiger partial charge >= 0.3 is 0 Å². The van der Waals surface area contributed by atoms with Crippen molar-refractivity contribution in [3.05, 3.63) is 30.1 Å². The van der Waals surface area contributed by atoms with E-state index in [0.717, 1.165) is 45.4 Å². The van der Waals surface area contributed by atoms with Crippen LogP contribution >= 0.6 is 0 Å². The number of halogens is 1. The number of nitrogens with zero attached hydrogens (tertiary/aromatic N) is 2. The Morgan fingerprint density at radius 2 is 2.08 bits per heavy atom. The van der Waals surface area contributed by atoms with Crippen molar-refractivity contribution in [3.8, 4) is 5.75 Å². The zero-order chi connectivity index (χ0) is 18.5. The van der Waals surface area contributed by atoms with Crippen LogP contribution in [0.1, 0.15) is 32.6 Å². The van der Waals surface area contributed by atoms with Gasteiger partial charge in [0.1, 0.15) is 0 Å². The van der Waals surface area contributed by atoms with Crippen LogP contribution in [0.2, 0.25) is 0 Å². The molecule has 0 radical (unpaired) electrons. The summed E-state index contributed by atoms with van der Waals surface area (Å²) < 4.78 is 25.3. The number of carbonyl (C=O) groups excluding carboxylic acids is 1. The van der Waals surface area contributed by atoms with Gasteiger partial charge in [0, 0.05) is 19.2 Å². The topological polar surface area (TPSA) is 42.0 Å². The summed E-state index contributed by atoms with van der Waals surface area (Å²) in [5.41, 5.74) is 0. The van der Waals surface area contributed by atoms with E-state index < -0.39 is 11.9 Å². The highest BCUT2D eigenvalue weighted by atomic mass is 19.1. The van der Waals surface area contributed by atoms with Crippen LogP contribution in [0.3, 0.4) is 0 Å². The van der Waals surface area contributed by atoms with E-state index in [1.165, 1.54) is 6.07 Å². The van der Waals surface area contributed by atoms with E-state index in [-0.39, 0.29) is 23.8 Å². The minimum absolute atomic E-state index is 0.0849. The van der Waals surface area contributed by atoms with Crippen molar-refractivity contribution in [1.29, 1.82) is 0 Å². The summed E-state index contributed by atoms with van der Waals surface area (Å²) >= 11 is 0. The Bertz CT molecular complexity index is 598. The molecule has 3 rings (SSSR count). The summed E-state index contributed by atoms with van der Waals surface area (Å²) in [6, 6.07) is 6.40. The van der Waals surface area contributed by atoms with E-state index in [1.807, 2.05) is 4.90 Å². The number of hydrogen-bond acceptors (Lipinski definition) is 4. The molecule has 0 saturated carbocycles. The quantitative estimate of drug-likeness (QED) is 0.778. The number of amides is 1. The maximum atomic E-state index is 13.9. The van der Waals surface area contributed by atoms with Gasteiger partial charge in [-0.2, -0.15) is 0 Å². The summed E-state index contributed by atoms with van der Waals surface area (Å²) in [4.78, 5) is 17.3. The zero-order valence-electron chi connectivity index (χ0n) is 15.7. The number of ether oxygens (including phenoxy) is 2. The third-order valence-corrected chi connectivity index (χ3v) is 5.32. The van der Waals surface area contributed by atoms with Crippen LogP contribution in [-0.4, -0.2) is 67.2 Å². The number of hydrogen-bond donors (Lipinski definition) is 0. The molecule has 1 aromatic rings. The fraction of sp³-hybridized carbons (Fsp3) is 0.650. The number of likely N-dealkylation sites (tertiary alicyclic amines) is 1. The van der Waals surface area contributed by atoms with Crippen molar-refractivity contribution in [2.24, 2.45) is 0 Å².